The number of aromatic nitrogens is 1. The maximum absolute atomic E-state index is 6.06. The highest BCUT2D eigenvalue weighted by molar-refractivity contribution is 9.10. The van der Waals surface area contributed by atoms with E-state index in [2.05, 4.69) is 33.9 Å². The second-order valence-electron chi connectivity index (χ2n) is 3.56. The summed E-state index contributed by atoms with van der Waals surface area (Å²) in [6.07, 6.45) is 0.930. The minimum Gasteiger partial charge on any atom is -0.235 e. The Balaban J connectivity index is 2.79. The fourth-order valence-corrected chi connectivity index (χ4v) is 2.71. The normalized spacial score (nSPS) is 11.0. The minimum atomic E-state index is 0.385. The molecule has 2 rings (SSSR count). The zero-order valence-corrected chi connectivity index (χ0v) is 11.8. The lowest BCUT2D eigenvalue weighted by atomic mass is 10.1. The molecule has 1 aromatic carbocycles. The Morgan fingerprint density at radius 2 is 2.00 bits per heavy atom. The van der Waals surface area contributed by atoms with Crippen LogP contribution in [0.25, 0.3) is 10.9 Å². The van der Waals surface area contributed by atoms with Crippen molar-refractivity contribution in [3.8, 4) is 0 Å². The Bertz CT molecular complexity index is 540. The SMILES string of the molecule is CCc1cc(Br)cc2cc(CCl)c(Cl)nc12. The van der Waals surface area contributed by atoms with Gasteiger partial charge in [-0.1, -0.05) is 34.5 Å². The molecule has 0 aliphatic heterocycles. The average Bonchev–Trinajstić information content (AvgIpc) is 2.28. The molecule has 0 unspecified atom stereocenters. The first-order valence-corrected chi connectivity index (χ1v) is 6.69. The number of rotatable bonds is 2. The van der Waals surface area contributed by atoms with Crippen molar-refractivity contribution >= 4 is 50.0 Å². The predicted octanol–water partition coefficient (Wildman–Crippen LogP) is 4.95. The molecule has 0 saturated heterocycles. The third-order valence-electron chi connectivity index (χ3n) is 2.51. The molecule has 4 heteroatoms. The standard InChI is InChI=1S/C12H10BrCl2N/c1-2-7-4-10(13)5-8-3-9(6-14)12(15)16-11(7)8/h3-5H,2,6H2,1H3. The van der Waals surface area contributed by atoms with Crippen LogP contribution in [0.1, 0.15) is 18.1 Å². The highest BCUT2D eigenvalue weighted by Gasteiger charge is 2.08. The van der Waals surface area contributed by atoms with E-state index in [0.717, 1.165) is 27.4 Å². The topological polar surface area (TPSA) is 12.9 Å². The van der Waals surface area contributed by atoms with Gasteiger partial charge in [-0.2, -0.15) is 0 Å². The summed E-state index contributed by atoms with van der Waals surface area (Å²) in [5, 5.41) is 1.57. The molecule has 0 spiro atoms. The van der Waals surface area contributed by atoms with E-state index >= 15 is 0 Å². The van der Waals surface area contributed by atoms with Gasteiger partial charge in [-0.15, -0.1) is 11.6 Å². The molecular formula is C12H10BrCl2N. The molecule has 0 atom stereocenters. The van der Waals surface area contributed by atoms with Crippen molar-refractivity contribution in [3.05, 3.63) is 39.0 Å². The van der Waals surface area contributed by atoms with Crippen LogP contribution in [0.5, 0.6) is 0 Å². The van der Waals surface area contributed by atoms with E-state index in [0.29, 0.717) is 11.0 Å². The van der Waals surface area contributed by atoms with Gasteiger partial charge >= 0.3 is 0 Å². The van der Waals surface area contributed by atoms with Gasteiger partial charge in [-0.05, 0) is 30.2 Å². The average molecular weight is 319 g/mol. The van der Waals surface area contributed by atoms with Crippen molar-refractivity contribution in [3.63, 3.8) is 0 Å². The number of hydrogen-bond acceptors (Lipinski definition) is 1. The van der Waals surface area contributed by atoms with Gasteiger partial charge in [0, 0.05) is 15.4 Å². The van der Waals surface area contributed by atoms with E-state index in [-0.39, 0.29) is 0 Å². The molecule has 1 aromatic heterocycles. The van der Waals surface area contributed by atoms with Gasteiger partial charge in [0.15, 0.2) is 0 Å². The van der Waals surface area contributed by atoms with Gasteiger partial charge < -0.3 is 0 Å². The third-order valence-corrected chi connectivity index (χ3v) is 3.59. The van der Waals surface area contributed by atoms with Crippen LogP contribution in [0.3, 0.4) is 0 Å². The molecule has 0 aliphatic rings. The van der Waals surface area contributed by atoms with E-state index in [4.69, 9.17) is 23.2 Å². The van der Waals surface area contributed by atoms with Crippen molar-refractivity contribution in [2.24, 2.45) is 0 Å². The lowest BCUT2D eigenvalue weighted by molar-refractivity contribution is 1.14. The van der Waals surface area contributed by atoms with E-state index in [9.17, 15) is 0 Å². The zero-order valence-electron chi connectivity index (χ0n) is 8.73. The van der Waals surface area contributed by atoms with Crippen LogP contribution < -0.4 is 0 Å². The number of fused-ring (bicyclic) bond motifs is 1. The zero-order chi connectivity index (χ0) is 11.7. The van der Waals surface area contributed by atoms with E-state index in [1.54, 1.807) is 0 Å². The number of nitrogens with zero attached hydrogens (tertiary/aromatic N) is 1. The summed E-state index contributed by atoms with van der Waals surface area (Å²) in [6, 6.07) is 6.11. The van der Waals surface area contributed by atoms with Crippen LogP contribution in [0, 0.1) is 0 Å². The summed E-state index contributed by atoms with van der Waals surface area (Å²) in [5.74, 6) is 0.385. The van der Waals surface area contributed by atoms with Gasteiger partial charge in [0.05, 0.1) is 11.4 Å². The Kier molecular flexibility index (Phi) is 3.73. The number of benzene rings is 1. The van der Waals surface area contributed by atoms with Crippen LogP contribution in [0.2, 0.25) is 5.15 Å². The number of pyridine rings is 1. The van der Waals surface area contributed by atoms with Gasteiger partial charge in [0.25, 0.3) is 0 Å². The van der Waals surface area contributed by atoms with E-state index < -0.39 is 0 Å². The monoisotopic (exact) mass is 317 g/mol. The van der Waals surface area contributed by atoms with Crippen molar-refractivity contribution in [1.82, 2.24) is 4.98 Å². The van der Waals surface area contributed by atoms with Crippen molar-refractivity contribution < 1.29 is 0 Å². The van der Waals surface area contributed by atoms with Crippen molar-refractivity contribution in [1.29, 1.82) is 0 Å². The third kappa shape index (κ3) is 2.20. The molecule has 0 saturated carbocycles. The van der Waals surface area contributed by atoms with E-state index in [1.165, 1.54) is 5.56 Å². The molecule has 0 N–H and O–H groups in total. The first-order chi connectivity index (χ1) is 7.65. The Morgan fingerprint density at radius 3 is 2.62 bits per heavy atom. The lowest BCUT2D eigenvalue weighted by Crippen LogP contribution is -1.92. The fraction of sp³-hybridized carbons (Fsp3) is 0.250. The summed E-state index contributed by atoms with van der Waals surface area (Å²) in [5.41, 5.74) is 3.02. The molecule has 0 aliphatic carbocycles. The molecule has 2 aromatic rings. The predicted molar refractivity (Wildman–Crippen MR) is 73.4 cm³/mol. The molecule has 0 amide bonds. The quantitative estimate of drug-likeness (QED) is 0.564. The summed E-state index contributed by atoms with van der Waals surface area (Å²) in [4.78, 5) is 4.42. The first kappa shape index (κ1) is 12.2. The fourth-order valence-electron chi connectivity index (χ4n) is 1.71. The van der Waals surface area contributed by atoms with Gasteiger partial charge in [-0.3, -0.25) is 0 Å². The first-order valence-electron chi connectivity index (χ1n) is 4.99. The smallest absolute Gasteiger partial charge is 0.134 e. The summed E-state index contributed by atoms with van der Waals surface area (Å²) in [6.45, 7) is 2.10. The van der Waals surface area contributed by atoms with Gasteiger partial charge in [0.1, 0.15) is 5.15 Å². The molecule has 1 heterocycles. The molecular weight excluding hydrogens is 309 g/mol. The number of alkyl halides is 1. The maximum atomic E-state index is 6.06. The second-order valence-corrected chi connectivity index (χ2v) is 5.10. The van der Waals surface area contributed by atoms with Gasteiger partial charge in [-0.25, -0.2) is 4.98 Å². The Hall–Kier alpha value is -0.310. The Morgan fingerprint density at radius 1 is 1.25 bits per heavy atom. The molecule has 0 radical (unpaired) electrons. The molecule has 0 bridgehead atoms. The summed E-state index contributed by atoms with van der Waals surface area (Å²) < 4.78 is 1.06. The van der Waals surface area contributed by atoms with Crippen LogP contribution >= 0.6 is 39.1 Å². The van der Waals surface area contributed by atoms with Crippen molar-refractivity contribution in [2.45, 2.75) is 19.2 Å². The summed E-state index contributed by atoms with van der Waals surface area (Å²) in [7, 11) is 0. The van der Waals surface area contributed by atoms with Crippen LogP contribution in [0.4, 0.5) is 0 Å². The molecule has 0 fully saturated rings. The largest absolute Gasteiger partial charge is 0.235 e. The van der Waals surface area contributed by atoms with Crippen molar-refractivity contribution in [2.75, 3.05) is 0 Å². The number of hydrogen-bond donors (Lipinski definition) is 0. The van der Waals surface area contributed by atoms with Gasteiger partial charge in [0.2, 0.25) is 0 Å². The molecule has 84 valence electrons. The van der Waals surface area contributed by atoms with E-state index in [1.807, 2.05) is 12.1 Å². The lowest BCUT2D eigenvalue weighted by Gasteiger charge is -2.07. The molecule has 1 nitrogen and oxygen atoms in total. The highest BCUT2D eigenvalue weighted by atomic mass is 79.9. The Labute approximate surface area is 113 Å². The highest BCUT2D eigenvalue weighted by Crippen LogP contribution is 2.27. The van der Waals surface area contributed by atoms with Crippen LogP contribution in [0.15, 0.2) is 22.7 Å². The van der Waals surface area contributed by atoms with Crippen LogP contribution in [-0.4, -0.2) is 4.98 Å². The minimum absolute atomic E-state index is 0.385. The second kappa shape index (κ2) is 4.91. The maximum Gasteiger partial charge on any atom is 0.134 e. The molecule has 16 heavy (non-hydrogen) atoms. The summed E-state index contributed by atoms with van der Waals surface area (Å²) >= 11 is 15.4. The van der Waals surface area contributed by atoms with Crippen LogP contribution in [-0.2, 0) is 12.3 Å². The number of aryl methyl sites for hydroxylation is 1. The number of halogens is 3.